The van der Waals surface area contributed by atoms with Crippen LogP contribution in [0.1, 0.15) is 70.1 Å². The number of nitrogens with one attached hydrogen (secondary N) is 1. The highest BCUT2D eigenvalue weighted by atomic mass is 31.2. The van der Waals surface area contributed by atoms with Crippen LogP contribution in [0.25, 0.3) is 10.9 Å². The first-order valence-corrected chi connectivity index (χ1v) is 19.7. The summed E-state index contributed by atoms with van der Waals surface area (Å²) < 4.78 is 29.0. The summed E-state index contributed by atoms with van der Waals surface area (Å²) in [6.45, 7) is 11.4. The van der Waals surface area contributed by atoms with Crippen LogP contribution in [0.5, 0.6) is 5.75 Å². The minimum Gasteiger partial charge on any atom is -0.550 e. The molecule has 0 spiro atoms. The van der Waals surface area contributed by atoms with Crippen LogP contribution >= 0.6 is 7.37 Å². The molecule has 3 aromatic rings. The molecule has 2 bridgehead atoms. The van der Waals surface area contributed by atoms with Crippen molar-refractivity contribution in [3.63, 3.8) is 0 Å². The molecule has 0 radical (unpaired) electrons. The molecule has 3 fully saturated rings. The molecular formula is C39H53N2O8P. The summed E-state index contributed by atoms with van der Waals surface area (Å²) in [5, 5.41) is 23.2. The number of pyridine rings is 1. The molecular weight excluding hydrogens is 655 g/mol. The lowest BCUT2D eigenvalue weighted by Gasteiger charge is -2.47. The van der Waals surface area contributed by atoms with Gasteiger partial charge in [-0.15, -0.1) is 6.58 Å². The highest BCUT2D eigenvalue weighted by molar-refractivity contribution is 7.59. The predicted molar refractivity (Wildman–Crippen MR) is 192 cm³/mol. The lowest BCUT2D eigenvalue weighted by molar-refractivity contribution is -0.949. The van der Waals surface area contributed by atoms with Crippen molar-refractivity contribution in [2.75, 3.05) is 32.5 Å². The molecule has 6 rings (SSSR count). The van der Waals surface area contributed by atoms with Crippen molar-refractivity contribution in [2.45, 2.75) is 77.7 Å². The van der Waals surface area contributed by atoms with E-state index in [4.69, 9.17) is 14.0 Å². The number of carbonyl (C=O) groups excluding carboxylic acids is 2. The number of aliphatic carboxylic acids is 1. The van der Waals surface area contributed by atoms with E-state index in [2.05, 4.69) is 17.6 Å². The lowest BCUT2D eigenvalue weighted by atomic mass is 9.73. The van der Waals surface area contributed by atoms with E-state index in [1.807, 2.05) is 54.6 Å². The Morgan fingerprint density at radius 2 is 1.92 bits per heavy atom. The minimum absolute atomic E-state index is 0.112. The van der Waals surface area contributed by atoms with E-state index >= 15 is 0 Å². The number of aliphatic hydroxyl groups is 1. The number of carbonyl (C=O) groups is 2. The van der Waals surface area contributed by atoms with Crippen LogP contribution in [0.4, 0.5) is 0 Å². The van der Waals surface area contributed by atoms with Crippen LogP contribution in [0.3, 0.4) is 0 Å². The van der Waals surface area contributed by atoms with Crippen molar-refractivity contribution in [3.05, 3.63) is 84.6 Å². The maximum atomic E-state index is 13.0. The second-order valence-corrected chi connectivity index (χ2v) is 16.3. The van der Waals surface area contributed by atoms with Gasteiger partial charge < -0.3 is 29.4 Å². The maximum Gasteiger partial charge on any atom is 0.307 e. The molecule has 0 aliphatic carbocycles. The van der Waals surface area contributed by atoms with Gasteiger partial charge in [0.15, 0.2) is 0 Å². The van der Waals surface area contributed by atoms with Gasteiger partial charge in [-0.2, -0.15) is 0 Å². The highest BCUT2D eigenvalue weighted by Gasteiger charge is 2.45. The number of rotatable bonds is 16. The number of ether oxygens (including phenoxy) is 2. The number of esters is 1. The third kappa shape index (κ3) is 10.7. The van der Waals surface area contributed by atoms with Crippen molar-refractivity contribution < 1.29 is 43.3 Å². The Kier molecular flexibility index (Phi) is 14.6. The third-order valence-electron chi connectivity index (χ3n) is 9.81. The summed E-state index contributed by atoms with van der Waals surface area (Å²) >= 11 is 0. The molecule has 1 aromatic heterocycles. The molecule has 0 amide bonds. The van der Waals surface area contributed by atoms with Gasteiger partial charge in [-0.05, 0) is 60.6 Å². The SMILES string of the molecule is C=C[C@@H]1C[NH+]2CCC1C[C@H]2[C@H](O)c1ccnc2ccc(OC)cc12.CCC(=O)O[C@@H](O[P@](=O)(CCCCc1ccccc1)CC(=O)[O-])C(C)C. The quantitative estimate of drug-likeness (QED) is 0.0710. The van der Waals surface area contributed by atoms with Crippen molar-refractivity contribution in [3.8, 4) is 5.75 Å². The number of unbranched alkanes of at least 4 members (excludes halogenated alkanes) is 1. The number of methoxy groups -OCH3 is 1. The Morgan fingerprint density at radius 3 is 2.54 bits per heavy atom. The molecule has 2 unspecified atom stereocenters. The summed E-state index contributed by atoms with van der Waals surface area (Å²) in [6.07, 6.45) is 6.45. The average Bonchev–Trinajstić information content (AvgIpc) is 3.12. The molecule has 11 heteroatoms. The fraction of sp³-hybridized carbons (Fsp3) is 0.513. The lowest BCUT2D eigenvalue weighted by Crippen LogP contribution is -3.20. The second kappa shape index (κ2) is 18.6. The fourth-order valence-corrected chi connectivity index (χ4v) is 9.13. The number of benzene rings is 2. The monoisotopic (exact) mass is 708 g/mol. The van der Waals surface area contributed by atoms with E-state index in [-0.39, 0.29) is 24.5 Å². The predicted octanol–water partition coefficient (Wildman–Crippen LogP) is 4.75. The molecule has 2 aromatic carbocycles. The van der Waals surface area contributed by atoms with E-state index in [1.54, 1.807) is 34.1 Å². The summed E-state index contributed by atoms with van der Waals surface area (Å²) in [6, 6.07) is 17.9. The molecule has 50 heavy (non-hydrogen) atoms. The molecule has 272 valence electrons. The number of carboxylic acids is 1. The standard InChI is InChI=1S/C20H24N2O2.C19H29O6P/c1-3-13-12-22-9-7-14(13)10-19(22)20(23)16-6-8-21-18-5-4-15(24-2)11-17(16)18;1-4-18(22)24-19(15(2)3)25-26(23,14-17(20)21)13-9-8-12-16-10-6-5-7-11-16/h3-6,8,11,13-14,19-20,23H,1,7,9-10,12H2,2H3;5-7,10-11,15,19H,4,8-9,12-14H2,1-3H3,(H,20,21)/t13-,14?,19+,20-;19-,26+/m10/s1. The largest absolute Gasteiger partial charge is 0.550 e. The Hall–Kier alpha value is -3.56. The van der Waals surface area contributed by atoms with Crippen LogP contribution in [0, 0.1) is 17.8 Å². The number of quaternary nitrogens is 1. The molecule has 4 heterocycles. The van der Waals surface area contributed by atoms with Gasteiger partial charge in [-0.25, -0.2) is 0 Å². The summed E-state index contributed by atoms with van der Waals surface area (Å²) in [7, 11) is -1.85. The van der Waals surface area contributed by atoms with Crippen molar-refractivity contribution in [2.24, 2.45) is 17.8 Å². The molecule has 3 aliphatic heterocycles. The van der Waals surface area contributed by atoms with E-state index in [9.17, 15) is 24.4 Å². The Morgan fingerprint density at radius 1 is 1.16 bits per heavy atom. The van der Waals surface area contributed by atoms with Gasteiger partial charge in [0.2, 0.25) is 13.7 Å². The van der Waals surface area contributed by atoms with Crippen molar-refractivity contribution >= 4 is 30.2 Å². The molecule has 0 saturated carbocycles. The highest BCUT2D eigenvalue weighted by Crippen LogP contribution is 2.49. The maximum absolute atomic E-state index is 13.0. The van der Waals surface area contributed by atoms with Crippen LogP contribution in [0.2, 0.25) is 0 Å². The van der Waals surface area contributed by atoms with Gasteiger partial charge in [-0.3, -0.25) is 18.9 Å². The van der Waals surface area contributed by atoms with E-state index < -0.39 is 37.9 Å². The zero-order valence-electron chi connectivity index (χ0n) is 29.8. The number of nitrogens with zero attached hydrogens (tertiary/aromatic N) is 1. The molecule has 3 aliphatic rings. The Bertz CT molecular complexity index is 1620. The summed E-state index contributed by atoms with van der Waals surface area (Å²) in [5.74, 6) is -0.0827. The zero-order valence-corrected chi connectivity index (χ0v) is 30.7. The first kappa shape index (κ1) is 39.2. The smallest absolute Gasteiger partial charge is 0.307 e. The topological polar surface area (TPSA) is 140 Å². The van der Waals surface area contributed by atoms with Crippen molar-refractivity contribution in [1.29, 1.82) is 0 Å². The van der Waals surface area contributed by atoms with Crippen LogP contribution < -0.4 is 14.7 Å². The Balaban J connectivity index is 0.000000225. The van der Waals surface area contributed by atoms with Gasteiger partial charge in [0, 0.05) is 48.8 Å². The van der Waals surface area contributed by atoms with E-state index in [0.29, 0.717) is 18.3 Å². The third-order valence-corrected chi connectivity index (χ3v) is 12.1. The van der Waals surface area contributed by atoms with E-state index in [1.165, 1.54) is 16.9 Å². The number of hydrogen-bond acceptors (Lipinski definition) is 9. The zero-order chi connectivity index (χ0) is 36.3. The molecule has 3 saturated heterocycles. The van der Waals surface area contributed by atoms with E-state index in [0.717, 1.165) is 54.6 Å². The number of hydrogen-bond donors (Lipinski definition) is 2. The Labute approximate surface area is 296 Å². The number of piperidine rings is 3. The van der Waals surface area contributed by atoms with Crippen molar-refractivity contribution in [1.82, 2.24) is 4.98 Å². The first-order valence-electron chi connectivity index (χ1n) is 17.7. The second-order valence-electron chi connectivity index (χ2n) is 13.7. The normalized spacial score (nSPS) is 22.1. The van der Waals surface area contributed by atoms with Gasteiger partial charge in [0.05, 0.1) is 37.8 Å². The number of carboxylic acid groups (broad SMARTS) is 1. The van der Waals surface area contributed by atoms with Gasteiger partial charge >= 0.3 is 5.97 Å². The summed E-state index contributed by atoms with van der Waals surface area (Å²) in [5.41, 5.74) is 3.04. The molecule has 10 nitrogen and oxygen atoms in total. The number of aryl methyl sites for hydroxylation is 1. The minimum atomic E-state index is -3.51. The molecule has 7 atom stereocenters. The van der Waals surface area contributed by atoms with Crippen LogP contribution in [-0.4, -0.2) is 66.9 Å². The number of aliphatic hydroxyl groups excluding tert-OH is 1. The fourth-order valence-electron chi connectivity index (χ4n) is 7.03. The van der Waals surface area contributed by atoms with Gasteiger partial charge in [0.1, 0.15) is 17.9 Å². The molecule has 2 N–H and O–H groups in total. The van der Waals surface area contributed by atoms with Gasteiger partial charge in [0.25, 0.3) is 0 Å². The number of aromatic nitrogens is 1. The number of fused-ring (bicyclic) bond motifs is 4. The van der Waals surface area contributed by atoms with Gasteiger partial charge in [-0.1, -0.05) is 57.2 Å². The van der Waals surface area contributed by atoms with Crippen LogP contribution in [0.15, 0.2) is 73.4 Å². The summed E-state index contributed by atoms with van der Waals surface area (Å²) in [4.78, 5) is 28.5. The first-order chi connectivity index (χ1) is 24.0. The average molecular weight is 709 g/mol. The van der Waals surface area contributed by atoms with Crippen LogP contribution in [-0.2, 0) is 29.8 Å².